The minimum Gasteiger partial charge on any atom is -0.491 e. The molecule has 4 aromatic rings. The number of aliphatic carboxylic acids is 1. The Morgan fingerprint density at radius 1 is 1.03 bits per heavy atom. The van der Waals surface area contributed by atoms with Gasteiger partial charge in [0.05, 0.1) is 17.9 Å². The number of carbonyl (C=O) groups is 2. The zero-order valence-corrected chi connectivity index (χ0v) is 21.2. The summed E-state index contributed by atoms with van der Waals surface area (Å²) in [5.41, 5.74) is 3.07. The number of para-hydroxylation sites is 2. The van der Waals surface area contributed by atoms with Gasteiger partial charge in [-0.05, 0) is 72.5 Å². The maximum absolute atomic E-state index is 12.8. The van der Waals surface area contributed by atoms with Crippen molar-refractivity contribution in [2.75, 3.05) is 11.9 Å². The number of allylic oxidation sites excluding steroid dienone is 1. The monoisotopic (exact) mass is 536 g/mol. The highest BCUT2D eigenvalue weighted by Gasteiger charge is 2.29. The first kappa shape index (κ1) is 27.5. The first-order valence-corrected chi connectivity index (χ1v) is 12.3. The second-order valence-corrected chi connectivity index (χ2v) is 9.07. The van der Waals surface area contributed by atoms with Crippen LogP contribution in [0, 0.1) is 0 Å². The first-order chi connectivity index (χ1) is 18.6. The molecule has 39 heavy (non-hydrogen) atoms. The van der Waals surface area contributed by atoms with E-state index in [-0.39, 0.29) is 18.9 Å². The van der Waals surface area contributed by atoms with Gasteiger partial charge in [0.25, 0.3) is 0 Å². The molecule has 0 unspecified atom stereocenters. The number of hydrogen-bond acceptors (Lipinski definition) is 3. The summed E-state index contributed by atoms with van der Waals surface area (Å²) in [7, 11) is 0. The third-order valence-electron chi connectivity index (χ3n) is 6.15. The van der Waals surface area contributed by atoms with E-state index in [2.05, 4.69) is 5.32 Å². The van der Waals surface area contributed by atoms with Crippen LogP contribution >= 0.6 is 0 Å². The van der Waals surface area contributed by atoms with Gasteiger partial charge in [0.2, 0.25) is 5.91 Å². The van der Waals surface area contributed by atoms with Gasteiger partial charge >= 0.3 is 12.1 Å². The topological polar surface area (TPSA) is 80.6 Å². The third kappa shape index (κ3) is 7.28. The largest absolute Gasteiger partial charge is 0.491 e. The van der Waals surface area contributed by atoms with Crippen molar-refractivity contribution in [2.45, 2.75) is 32.5 Å². The average molecular weight is 537 g/mol. The van der Waals surface area contributed by atoms with Crippen LogP contribution < -0.4 is 10.1 Å². The van der Waals surface area contributed by atoms with E-state index in [1.807, 2.05) is 42.0 Å². The number of alkyl halides is 3. The predicted molar refractivity (Wildman–Crippen MR) is 144 cm³/mol. The molecule has 0 bridgehead atoms. The van der Waals surface area contributed by atoms with Crippen molar-refractivity contribution >= 4 is 34.0 Å². The normalized spacial score (nSPS) is 11.9. The van der Waals surface area contributed by atoms with Crippen molar-refractivity contribution in [3.63, 3.8) is 0 Å². The van der Waals surface area contributed by atoms with Gasteiger partial charge in [-0.2, -0.15) is 13.2 Å². The Bertz CT molecular complexity index is 1500. The van der Waals surface area contributed by atoms with E-state index in [9.17, 15) is 22.8 Å². The van der Waals surface area contributed by atoms with E-state index in [0.29, 0.717) is 24.4 Å². The summed E-state index contributed by atoms with van der Waals surface area (Å²) in [6.45, 7) is 2.47. The fraction of sp³-hybridized carbons (Fsp3) is 0.200. The Balaban J connectivity index is 1.43. The molecule has 1 heterocycles. The lowest BCUT2D eigenvalue weighted by Gasteiger charge is -2.12. The van der Waals surface area contributed by atoms with Gasteiger partial charge in [0, 0.05) is 36.1 Å². The van der Waals surface area contributed by atoms with Crippen LogP contribution in [-0.2, 0) is 22.3 Å². The zero-order valence-electron chi connectivity index (χ0n) is 21.2. The highest BCUT2D eigenvalue weighted by molar-refractivity contribution is 6.04. The number of anilines is 1. The summed E-state index contributed by atoms with van der Waals surface area (Å²) < 4.78 is 46.1. The molecule has 0 fully saturated rings. The molecule has 1 aromatic heterocycles. The zero-order chi connectivity index (χ0) is 28.0. The van der Waals surface area contributed by atoms with Crippen molar-refractivity contribution in [3.8, 4) is 5.75 Å². The Morgan fingerprint density at radius 2 is 1.77 bits per heavy atom. The van der Waals surface area contributed by atoms with Crippen LogP contribution in [0.25, 0.3) is 16.5 Å². The van der Waals surface area contributed by atoms with Gasteiger partial charge in [0.1, 0.15) is 5.75 Å². The quantitative estimate of drug-likeness (QED) is 0.169. The molecule has 0 aliphatic rings. The standard InChI is InChI=1S/C30H27F3N2O4/c1-20(17-28(36)34-25-5-2-3-6-27(25)39-16-4-7-29(37)38)22-10-13-26-23(18-22)14-15-35(26)19-21-8-11-24(12-9-21)30(31,32)33/h2-3,5-6,8-15,17-18H,4,7,16,19H2,1H3,(H,34,36)(H,37,38). The van der Waals surface area contributed by atoms with Crippen LogP contribution in [0.5, 0.6) is 5.75 Å². The molecular weight excluding hydrogens is 509 g/mol. The van der Waals surface area contributed by atoms with Crippen LogP contribution in [0.3, 0.4) is 0 Å². The number of benzene rings is 3. The first-order valence-electron chi connectivity index (χ1n) is 12.3. The number of rotatable bonds is 10. The molecule has 0 saturated carbocycles. The number of nitrogens with one attached hydrogen (secondary N) is 1. The molecule has 2 N–H and O–H groups in total. The summed E-state index contributed by atoms with van der Waals surface area (Å²) in [4.78, 5) is 23.4. The number of aromatic nitrogens is 1. The Hall–Kier alpha value is -4.53. The van der Waals surface area contributed by atoms with E-state index >= 15 is 0 Å². The molecule has 1 amide bonds. The second kappa shape index (κ2) is 11.9. The lowest BCUT2D eigenvalue weighted by molar-refractivity contribution is -0.138. The van der Waals surface area contributed by atoms with Crippen LogP contribution in [0.2, 0.25) is 0 Å². The van der Waals surface area contributed by atoms with Crippen LogP contribution in [0.15, 0.2) is 85.1 Å². The molecule has 0 aliphatic carbocycles. The summed E-state index contributed by atoms with van der Waals surface area (Å²) >= 11 is 0. The number of carboxylic acids is 1. The summed E-state index contributed by atoms with van der Waals surface area (Å²) in [5.74, 6) is -0.776. The van der Waals surface area contributed by atoms with Gasteiger partial charge in [-0.15, -0.1) is 0 Å². The number of halogens is 3. The number of nitrogens with zero attached hydrogens (tertiary/aromatic N) is 1. The molecule has 0 aliphatic heterocycles. The number of ether oxygens (including phenoxy) is 1. The predicted octanol–water partition coefficient (Wildman–Crippen LogP) is 6.99. The van der Waals surface area contributed by atoms with Crippen molar-refractivity contribution in [3.05, 3.63) is 102 Å². The maximum Gasteiger partial charge on any atom is 0.416 e. The molecule has 9 heteroatoms. The summed E-state index contributed by atoms with van der Waals surface area (Å²) in [6, 6.07) is 19.8. The van der Waals surface area contributed by atoms with Crippen LogP contribution in [-0.4, -0.2) is 28.2 Å². The summed E-state index contributed by atoms with van der Waals surface area (Å²) in [5, 5.41) is 12.5. The van der Waals surface area contributed by atoms with E-state index < -0.39 is 17.7 Å². The van der Waals surface area contributed by atoms with Crippen molar-refractivity contribution in [2.24, 2.45) is 0 Å². The van der Waals surface area contributed by atoms with Gasteiger partial charge < -0.3 is 19.7 Å². The molecular formula is C30H27F3N2O4. The van der Waals surface area contributed by atoms with Crippen LogP contribution in [0.1, 0.15) is 36.5 Å². The Kier molecular flexibility index (Phi) is 8.39. The van der Waals surface area contributed by atoms with Gasteiger partial charge in [0.15, 0.2) is 0 Å². The second-order valence-electron chi connectivity index (χ2n) is 9.07. The number of carbonyl (C=O) groups excluding carboxylic acids is 1. The number of amides is 1. The maximum atomic E-state index is 12.8. The van der Waals surface area contributed by atoms with Gasteiger partial charge in [-0.3, -0.25) is 9.59 Å². The van der Waals surface area contributed by atoms with Crippen molar-refractivity contribution in [1.29, 1.82) is 0 Å². The number of carboxylic acid groups (broad SMARTS) is 1. The lowest BCUT2D eigenvalue weighted by Crippen LogP contribution is -2.11. The van der Waals surface area contributed by atoms with Gasteiger partial charge in [-0.1, -0.05) is 30.3 Å². The SMILES string of the molecule is CC(=CC(=O)Nc1ccccc1OCCCC(=O)O)c1ccc2c(ccn2Cc2ccc(C(F)(F)F)cc2)c1. The Morgan fingerprint density at radius 3 is 2.49 bits per heavy atom. The highest BCUT2D eigenvalue weighted by Crippen LogP contribution is 2.30. The molecule has 6 nitrogen and oxygen atoms in total. The van der Waals surface area contributed by atoms with Crippen molar-refractivity contribution in [1.82, 2.24) is 4.57 Å². The Labute approximate surface area is 223 Å². The number of fused-ring (bicyclic) bond motifs is 1. The van der Waals surface area contributed by atoms with E-state index in [1.54, 1.807) is 24.3 Å². The molecule has 202 valence electrons. The molecule has 0 saturated heterocycles. The molecule has 0 atom stereocenters. The number of hydrogen-bond donors (Lipinski definition) is 2. The van der Waals surface area contributed by atoms with Crippen molar-refractivity contribution < 1.29 is 32.6 Å². The third-order valence-corrected chi connectivity index (χ3v) is 6.15. The lowest BCUT2D eigenvalue weighted by atomic mass is 10.0. The molecule has 3 aromatic carbocycles. The van der Waals surface area contributed by atoms with E-state index in [4.69, 9.17) is 9.84 Å². The molecule has 4 rings (SSSR count). The fourth-order valence-electron chi connectivity index (χ4n) is 4.13. The van der Waals surface area contributed by atoms with E-state index in [0.717, 1.165) is 39.7 Å². The van der Waals surface area contributed by atoms with Crippen LogP contribution in [0.4, 0.5) is 18.9 Å². The minimum atomic E-state index is -4.36. The van der Waals surface area contributed by atoms with E-state index in [1.165, 1.54) is 18.2 Å². The fourth-order valence-corrected chi connectivity index (χ4v) is 4.13. The van der Waals surface area contributed by atoms with Gasteiger partial charge in [-0.25, -0.2) is 0 Å². The minimum absolute atomic E-state index is 0.000754. The molecule has 0 spiro atoms. The average Bonchev–Trinajstić information content (AvgIpc) is 3.29. The smallest absolute Gasteiger partial charge is 0.416 e. The highest BCUT2D eigenvalue weighted by atomic mass is 19.4. The summed E-state index contributed by atoms with van der Waals surface area (Å²) in [6.07, 6.45) is -0.644. The molecule has 0 radical (unpaired) electrons.